The zero-order valence-electron chi connectivity index (χ0n) is 14.6. The number of hydrogen-bond donors (Lipinski definition) is 1. The molecule has 2 N–H and O–H groups in total. The zero-order valence-corrected chi connectivity index (χ0v) is 14.6. The molecule has 0 heterocycles. The molecule has 0 bridgehead atoms. The number of nitrogens with two attached hydrogens (primary N) is 1. The van der Waals surface area contributed by atoms with Gasteiger partial charge >= 0.3 is 0 Å². The summed E-state index contributed by atoms with van der Waals surface area (Å²) in [6, 6.07) is 0. The summed E-state index contributed by atoms with van der Waals surface area (Å²) in [4.78, 5) is 0. The van der Waals surface area contributed by atoms with Crippen molar-refractivity contribution >= 4 is 5.71 Å². The molecule has 0 saturated heterocycles. The molecule has 0 amide bonds. The molecule has 0 rings (SSSR count). The lowest BCUT2D eigenvalue weighted by Gasteiger charge is -1.99. The van der Waals surface area contributed by atoms with Gasteiger partial charge in [-0.3, -0.25) is 5.41 Å². The lowest BCUT2D eigenvalue weighted by Crippen LogP contribution is -2.37. The van der Waals surface area contributed by atoms with E-state index in [2.05, 4.69) is 31.2 Å². The van der Waals surface area contributed by atoms with Gasteiger partial charge in [0.05, 0.1) is 0 Å². The summed E-state index contributed by atoms with van der Waals surface area (Å²) < 4.78 is 0. The molecule has 0 aliphatic carbocycles. The molecule has 0 saturated carbocycles. The van der Waals surface area contributed by atoms with E-state index in [-0.39, 0.29) is 0 Å². The van der Waals surface area contributed by atoms with E-state index in [0.29, 0.717) is 0 Å². The highest BCUT2D eigenvalue weighted by molar-refractivity contribution is 5.75. The summed E-state index contributed by atoms with van der Waals surface area (Å²) in [7, 11) is 0. The fourth-order valence-electron chi connectivity index (χ4n) is 2.39. The van der Waals surface area contributed by atoms with Gasteiger partial charge in [0.15, 0.2) is 0 Å². The number of rotatable bonds is 15. The van der Waals surface area contributed by atoms with Crippen LogP contribution in [0, 0.1) is 0 Å². The Morgan fingerprint density at radius 1 is 0.714 bits per heavy atom. The molecule has 0 aromatic rings. The highest BCUT2D eigenvalue weighted by Gasteiger charge is 1.94. The minimum absolute atomic E-state index is 1.08. The van der Waals surface area contributed by atoms with E-state index in [0.717, 1.165) is 18.6 Å². The molecule has 0 atom stereocenters. The Morgan fingerprint density at radius 3 is 1.81 bits per heavy atom. The van der Waals surface area contributed by atoms with Crippen molar-refractivity contribution in [2.75, 3.05) is 0 Å². The maximum Gasteiger partial charge on any atom is 0.145 e. The van der Waals surface area contributed by atoms with Gasteiger partial charge in [0.2, 0.25) is 0 Å². The summed E-state index contributed by atoms with van der Waals surface area (Å²) in [5.41, 5.74) is 1.08. The first kappa shape index (κ1) is 20.1. The highest BCUT2D eigenvalue weighted by Crippen LogP contribution is 2.09. The van der Waals surface area contributed by atoms with Gasteiger partial charge < -0.3 is 0 Å². The van der Waals surface area contributed by atoms with Gasteiger partial charge in [0.25, 0.3) is 0 Å². The summed E-state index contributed by atoms with van der Waals surface area (Å²) in [5.74, 6) is 0. The van der Waals surface area contributed by atoms with Gasteiger partial charge in [-0.2, -0.15) is 0 Å². The average molecular weight is 293 g/mol. The molecule has 0 aromatic heterocycles. The molecule has 1 heteroatoms. The lowest BCUT2D eigenvalue weighted by atomic mass is 10.1. The molecule has 1 nitrogen and oxygen atoms in total. The monoisotopic (exact) mass is 292 g/mol. The summed E-state index contributed by atoms with van der Waals surface area (Å²) in [6.45, 7) is 4.28. The second-order valence-electron chi connectivity index (χ2n) is 6.18. The van der Waals surface area contributed by atoms with Crippen molar-refractivity contribution in [2.45, 2.75) is 97.3 Å². The standard InChI is InChI=1S/C20H37N/c1-3-4-5-6-7-8-9-10-11-12-13-14-15-16-17-18-19-20(2)21/h7-8,10-11,21H,3-6,9,12-19H2,1-2H3/p+1/b8-7-,11-10-,21-20?. The van der Waals surface area contributed by atoms with Crippen LogP contribution in [0.25, 0.3) is 0 Å². The summed E-state index contributed by atoms with van der Waals surface area (Å²) >= 11 is 0. The Kier molecular flexibility index (Phi) is 16.5. The zero-order chi connectivity index (χ0) is 15.6. The van der Waals surface area contributed by atoms with Crippen LogP contribution in [0.1, 0.15) is 97.3 Å². The molecule has 0 aliphatic rings. The van der Waals surface area contributed by atoms with E-state index in [1.54, 1.807) is 0 Å². The van der Waals surface area contributed by atoms with Gasteiger partial charge in [-0.1, -0.05) is 69.8 Å². The van der Waals surface area contributed by atoms with Crippen molar-refractivity contribution in [2.24, 2.45) is 0 Å². The Bertz CT molecular complexity index is 276. The lowest BCUT2D eigenvalue weighted by molar-refractivity contribution is -0.117. The van der Waals surface area contributed by atoms with Crippen LogP contribution in [-0.2, 0) is 0 Å². The molecule has 21 heavy (non-hydrogen) atoms. The van der Waals surface area contributed by atoms with Crippen LogP contribution in [0.2, 0.25) is 0 Å². The molecule has 0 unspecified atom stereocenters. The van der Waals surface area contributed by atoms with Crippen LogP contribution in [0.5, 0.6) is 0 Å². The summed E-state index contributed by atoms with van der Waals surface area (Å²) in [5, 5.41) is 5.66. The third-order valence-corrected chi connectivity index (χ3v) is 3.77. The topological polar surface area (TPSA) is 25.6 Å². The van der Waals surface area contributed by atoms with Crippen LogP contribution in [0.15, 0.2) is 24.3 Å². The minimum Gasteiger partial charge on any atom is -0.262 e. The second-order valence-corrected chi connectivity index (χ2v) is 6.18. The van der Waals surface area contributed by atoms with E-state index >= 15 is 0 Å². The molecule has 0 fully saturated rings. The Hall–Kier alpha value is -0.850. The first-order valence-electron chi connectivity index (χ1n) is 9.15. The molecule has 0 aromatic carbocycles. The van der Waals surface area contributed by atoms with E-state index in [1.165, 1.54) is 70.6 Å². The number of allylic oxidation sites excluding steroid dienone is 4. The van der Waals surface area contributed by atoms with E-state index in [4.69, 9.17) is 5.41 Å². The van der Waals surface area contributed by atoms with Crippen LogP contribution < -0.4 is 5.41 Å². The minimum atomic E-state index is 1.08. The van der Waals surface area contributed by atoms with Crippen LogP contribution in [0.4, 0.5) is 0 Å². The Labute approximate surface area is 133 Å². The Morgan fingerprint density at radius 2 is 1.24 bits per heavy atom. The third kappa shape index (κ3) is 19.1. The predicted octanol–water partition coefficient (Wildman–Crippen LogP) is 5.41. The van der Waals surface area contributed by atoms with Crippen molar-refractivity contribution in [3.63, 3.8) is 0 Å². The second kappa shape index (κ2) is 17.2. The predicted molar refractivity (Wildman–Crippen MR) is 96.6 cm³/mol. The quantitative estimate of drug-likeness (QED) is 0.237. The van der Waals surface area contributed by atoms with Crippen molar-refractivity contribution in [3.8, 4) is 0 Å². The molecule has 0 radical (unpaired) electrons. The van der Waals surface area contributed by atoms with E-state index in [1.807, 2.05) is 6.92 Å². The van der Waals surface area contributed by atoms with Crippen LogP contribution >= 0.6 is 0 Å². The van der Waals surface area contributed by atoms with Crippen molar-refractivity contribution in [1.29, 1.82) is 0 Å². The molecule has 0 spiro atoms. The van der Waals surface area contributed by atoms with E-state index in [9.17, 15) is 0 Å². The maximum atomic E-state index is 5.66. The molecule has 0 aliphatic heterocycles. The van der Waals surface area contributed by atoms with Gasteiger partial charge in [0.1, 0.15) is 5.71 Å². The van der Waals surface area contributed by atoms with Crippen molar-refractivity contribution in [1.82, 2.24) is 0 Å². The fourth-order valence-corrected chi connectivity index (χ4v) is 2.39. The van der Waals surface area contributed by atoms with Gasteiger partial charge in [0, 0.05) is 13.3 Å². The van der Waals surface area contributed by atoms with Gasteiger partial charge in [-0.15, -0.1) is 0 Å². The number of hydrogen-bond acceptors (Lipinski definition) is 0. The van der Waals surface area contributed by atoms with Crippen LogP contribution in [-0.4, -0.2) is 5.71 Å². The average Bonchev–Trinajstić information content (AvgIpc) is 2.46. The molecular weight excluding hydrogens is 254 g/mol. The first-order valence-corrected chi connectivity index (χ1v) is 9.15. The van der Waals surface area contributed by atoms with Crippen LogP contribution in [0.3, 0.4) is 0 Å². The molecular formula is C20H38N+. The van der Waals surface area contributed by atoms with E-state index < -0.39 is 0 Å². The van der Waals surface area contributed by atoms with Crippen molar-refractivity contribution < 1.29 is 5.41 Å². The van der Waals surface area contributed by atoms with Gasteiger partial charge in [-0.05, 0) is 38.5 Å². The largest absolute Gasteiger partial charge is 0.262 e. The van der Waals surface area contributed by atoms with Crippen molar-refractivity contribution in [3.05, 3.63) is 24.3 Å². The molecule has 122 valence electrons. The maximum absolute atomic E-state index is 5.66. The Balaban J connectivity index is 3.16. The SMILES string of the molecule is CCCCC/C=C\C/C=C\CCCCCCCCC(C)=[NH2+]. The third-order valence-electron chi connectivity index (χ3n) is 3.77. The fraction of sp³-hybridized carbons (Fsp3) is 0.750. The summed E-state index contributed by atoms with van der Waals surface area (Å²) in [6.07, 6.45) is 26.1. The highest BCUT2D eigenvalue weighted by atomic mass is 14.4. The first-order chi connectivity index (χ1) is 10.3. The normalized spacial score (nSPS) is 11.7. The number of unbranched alkanes of at least 4 members (excludes halogenated alkanes) is 9. The van der Waals surface area contributed by atoms with Gasteiger partial charge in [-0.25, -0.2) is 0 Å². The smallest absolute Gasteiger partial charge is 0.145 e.